The first-order valence-electron chi connectivity index (χ1n) is 23.0. The quantitative estimate of drug-likeness (QED) is 0.0449. The Morgan fingerprint density at radius 3 is 1.61 bits per heavy atom. The molecule has 20 nitrogen and oxygen atoms in total. The maximum absolute atomic E-state index is 13.8. The number of hydrogen-bond donors (Lipinski definition) is 3. The van der Waals surface area contributed by atoms with Crippen LogP contribution in [-0.4, -0.2) is 99.5 Å². The average Bonchev–Trinajstić information content (AvgIpc) is 3.19. The van der Waals surface area contributed by atoms with Gasteiger partial charge in [-0.25, -0.2) is 33.8 Å². The Bertz CT molecular complexity index is 2420. The molecule has 3 aromatic rings. The molecule has 392 valence electrons. The predicted molar refractivity (Wildman–Crippen MR) is 264 cm³/mol. The first-order valence-corrected chi connectivity index (χ1v) is 23.0. The van der Waals surface area contributed by atoms with Crippen LogP contribution in [0.5, 0.6) is 5.75 Å². The van der Waals surface area contributed by atoms with Gasteiger partial charge in [0, 0.05) is 6.54 Å². The van der Waals surface area contributed by atoms with Crippen LogP contribution in [0.2, 0.25) is 0 Å². The molecule has 0 saturated carbocycles. The van der Waals surface area contributed by atoms with Gasteiger partial charge >= 0.3 is 42.2 Å². The summed E-state index contributed by atoms with van der Waals surface area (Å²) in [4.78, 5) is 110. The molecule has 0 fully saturated rings. The molecule has 72 heavy (non-hydrogen) atoms. The van der Waals surface area contributed by atoms with Crippen molar-refractivity contribution in [1.29, 1.82) is 0 Å². The third kappa shape index (κ3) is 23.4. The number of benzene rings is 3. The van der Waals surface area contributed by atoms with E-state index in [-0.39, 0.29) is 41.7 Å². The highest BCUT2D eigenvalue weighted by molar-refractivity contribution is 6.02. The Morgan fingerprint density at radius 1 is 0.569 bits per heavy atom. The van der Waals surface area contributed by atoms with E-state index in [1.807, 2.05) is 0 Å². The van der Waals surface area contributed by atoms with Gasteiger partial charge < -0.3 is 38.5 Å². The van der Waals surface area contributed by atoms with Gasteiger partial charge in [0.25, 0.3) is 0 Å². The van der Waals surface area contributed by atoms with E-state index >= 15 is 0 Å². The van der Waals surface area contributed by atoms with Gasteiger partial charge in [-0.3, -0.25) is 25.1 Å². The van der Waals surface area contributed by atoms with Gasteiger partial charge in [0.05, 0.1) is 23.2 Å². The number of carbonyl (C=O) groups is 8. The highest BCUT2D eigenvalue weighted by Crippen LogP contribution is 2.21. The van der Waals surface area contributed by atoms with Crippen LogP contribution in [0.25, 0.3) is 0 Å². The zero-order chi connectivity index (χ0) is 54.4. The van der Waals surface area contributed by atoms with Crippen LogP contribution in [0.1, 0.15) is 142 Å². The number of nitrogens with one attached hydrogen (secondary N) is 3. The summed E-state index contributed by atoms with van der Waals surface area (Å²) in [5.41, 5.74) is -2.83. The second-order valence-electron chi connectivity index (χ2n) is 21.4. The lowest BCUT2D eigenvalue weighted by Gasteiger charge is -2.27. The summed E-state index contributed by atoms with van der Waals surface area (Å²) in [6.45, 7) is 23.8. The van der Waals surface area contributed by atoms with Crippen molar-refractivity contribution in [3.8, 4) is 5.75 Å². The van der Waals surface area contributed by atoms with Crippen LogP contribution in [0.15, 0.2) is 77.8 Å². The van der Waals surface area contributed by atoms with Gasteiger partial charge in [-0.1, -0.05) is 24.3 Å². The fourth-order valence-electron chi connectivity index (χ4n) is 5.81. The summed E-state index contributed by atoms with van der Waals surface area (Å²) in [6.07, 6.45) is -3.27. The first kappa shape index (κ1) is 58.8. The highest BCUT2D eigenvalue weighted by atomic mass is 16.6. The molecule has 0 aromatic heterocycles. The van der Waals surface area contributed by atoms with Crippen LogP contribution >= 0.6 is 0 Å². The van der Waals surface area contributed by atoms with Crippen molar-refractivity contribution in [2.45, 2.75) is 157 Å². The Morgan fingerprint density at radius 2 is 1.10 bits per heavy atom. The van der Waals surface area contributed by atoms with E-state index in [1.54, 1.807) is 134 Å². The van der Waals surface area contributed by atoms with Gasteiger partial charge in [-0.05, 0) is 164 Å². The number of alkyl carbamates (subject to hydrolysis) is 2. The molecular formula is C52H69N5O15. The van der Waals surface area contributed by atoms with Crippen LogP contribution < -0.4 is 20.7 Å². The molecule has 1 atom stereocenters. The van der Waals surface area contributed by atoms with E-state index in [4.69, 9.17) is 33.2 Å². The Labute approximate surface area is 420 Å². The molecule has 3 rings (SSSR count). The predicted octanol–water partition coefficient (Wildman–Crippen LogP) is 8.60. The molecule has 3 N–H and O–H groups in total. The van der Waals surface area contributed by atoms with Crippen LogP contribution in [0, 0.1) is 0 Å². The first-order chi connectivity index (χ1) is 33.0. The lowest BCUT2D eigenvalue weighted by atomic mass is 10.1. The fraction of sp³-hybridized carbons (Fsp3) is 0.481. The number of aliphatic imine (C=N–C) groups is 1. The van der Waals surface area contributed by atoms with Crippen molar-refractivity contribution >= 4 is 59.7 Å². The molecule has 4 amide bonds. The van der Waals surface area contributed by atoms with Gasteiger partial charge in [0.2, 0.25) is 11.9 Å². The molecule has 20 heteroatoms. The number of esters is 4. The summed E-state index contributed by atoms with van der Waals surface area (Å²) in [7, 11) is 0. The normalized spacial score (nSPS) is 12.2. The maximum Gasteiger partial charge on any atom is 0.414 e. The van der Waals surface area contributed by atoms with Crippen molar-refractivity contribution in [2.24, 2.45) is 4.99 Å². The Kier molecular flexibility index (Phi) is 20.1. The monoisotopic (exact) mass is 1000 g/mol. The fourth-order valence-corrected chi connectivity index (χ4v) is 5.81. The molecular weight excluding hydrogens is 935 g/mol. The summed E-state index contributed by atoms with van der Waals surface area (Å²) < 4.78 is 38.1. The maximum atomic E-state index is 13.8. The number of nitrogens with zero attached hydrogens (tertiary/aromatic N) is 2. The van der Waals surface area contributed by atoms with Crippen LogP contribution in [0.3, 0.4) is 0 Å². The van der Waals surface area contributed by atoms with Gasteiger partial charge in [0.1, 0.15) is 52.9 Å². The molecule has 0 aliphatic carbocycles. The number of ether oxygens (including phenoxy) is 7. The molecule has 3 aromatic carbocycles. The molecule has 0 aliphatic rings. The third-order valence-electron chi connectivity index (χ3n) is 8.42. The largest absolute Gasteiger partial charge is 0.460 e. The summed E-state index contributed by atoms with van der Waals surface area (Å²) in [5.74, 6) is -3.97. The topological polar surface area (TPSA) is 253 Å². The standard InChI is InChI=1S/C52H69N5O15/c1-48(2,3)68-40(59)28-38(43(62)70-50(7,8)9)54-39(58)30-57(29-33-17-16-18-35(27-33)42(61)69-49(4,5)6)47(65)66-31-32-19-25-37(26-20-32)67-41(60)34-21-23-36(24-22-34)53-44(55-45(63)71-51(10,11)12)56-46(64)72-52(13,14)15/h16-27,38H,28-31H2,1-15H3,(H,54,58)(H2,53,55,56,63,64). The minimum Gasteiger partial charge on any atom is -0.460 e. The van der Waals surface area contributed by atoms with Crippen molar-refractivity contribution in [3.05, 3.63) is 95.1 Å². The lowest BCUT2D eigenvalue weighted by Crippen LogP contribution is -2.49. The SMILES string of the molecule is CC(C)(C)OC(=O)CC(NC(=O)CN(Cc1cccc(C(=O)OC(C)(C)C)c1)C(=O)OCc1ccc(OC(=O)c2ccc(N=C(NC(=O)OC(C)(C)C)NC(=O)OC(C)(C)C)cc2)cc1)C(=O)OC(C)(C)C. The summed E-state index contributed by atoms with van der Waals surface area (Å²) >= 11 is 0. The minimum atomic E-state index is -1.47. The molecule has 0 saturated heterocycles. The second-order valence-corrected chi connectivity index (χ2v) is 21.4. The second kappa shape index (κ2) is 24.6. The third-order valence-corrected chi connectivity index (χ3v) is 8.42. The molecule has 0 spiro atoms. The van der Waals surface area contributed by atoms with E-state index < -0.39 is 95.1 Å². The summed E-state index contributed by atoms with van der Waals surface area (Å²) in [6, 6.07) is 16.6. The molecule has 0 aliphatic heterocycles. The summed E-state index contributed by atoms with van der Waals surface area (Å²) in [5, 5.41) is 7.27. The van der Waals surface area contributed by atoms with Gasteiger partial charge in [-0.2, -0.15) is 0 Å². The number of amides is 4. The minimum absolute atomic E-state index is 0.136. The molecule has 0 heterocycles. The van der Waals surface area contributed by atoms with E-state index in [2.05, 4.69) is 20.9 Å². The zero-order valence-electron chi connectivity index (χ0n) is 43.9. The van der Waals surface area contributed by atoms with Crippen LogP contribution in [-0.2, 0) is 56.0 Å². The van der Waals surface area contributed by atoms with Crippen molar-refractivity contribution in [3.63, 3.8) is 0 Å². The Balaban J connectivity index is 1.79. The van der Waals surface area contributed by atoms with E-state index in [1.165, 1.54) is 42.5 Å². The van der Waals surface area contributed by atoms with E-state index in [0.717, 1.165) is 4.90 Å². The van der Waals surface area contributed by atoms with Crippen molar-refractivity contribution in [1.82, 2.24) is 20.9 Å². The van der Waals surface area contributed by atoms with Crippen molar-refractivity contribution in [2.75, 3.05) is 6.54 Å². The van der Waals surface area contributed by atoms with Gasteiger partial charge in [0.15, 0.2) is 0 Å². The number of rotatable bonds is 14. The van der Waals surface area contributed by atoms with Crippen molar-refractivity contribution < 1.29 is 71.5 Å². The smallest absolute Gasteiger partial charge is 0.414 e. The molecule has 0 bridgehead atoms. The highest BCUT2D eigenvalue weighted by Gasteiger charge is 2.32. The Hall–Kier alpha value is -7.51. The number of hydrogen-bond acceptors (Lipinski definition) is 16. The molecule has 0 radical (unpaired) electrons. The van der Waals surface area contributed by atoms with E-state index in [0.29, 0.717) is 11.1 Å². The number of carbonyl (C=O) groups excluding carboxylic acids is 8. The number of guanidine groups is 1. The zero-order valence-corrected chi connectivity index (χ0v) is 43.9. The lowest BCUT2D eigenvalue weighted by molar-refractivity contribution is -0.165. The van der Waals surface area contributed by atoms with Gasteiger partial charge in [-0.15, -0.1) is 0 Å². The van der Waals surface area contributed by atoms with Crippen LogP contribution in [0.4, 0.5) is 20.1 Å². The van der Waals surface area contributed by atoms with E-state index in [9.17, 15) is 38.4 Å². The molecule has 1 unspecified atom stereocenters. The average molecular weight is 1000 g/mol.